The molecule has 17 heavy (non-hydrogen) atoms. The van der Waals surface area contributed by atoms with Crippen molar-refractivity contribution in [1.29, 1.82) is 0 Å². The van der Waals surface area contributed by atoms with Gasteiger partial charge in [-0.2, -0.15) is 0 Å². The smallest absolute Gasteiger partial charge is 0.236 e. The van der Waals surface area contributed by atoms with Crippen LogP contribution in [0.1, 0.15) is 27.7 Å². The fourth-order valence-electron chi connectivity index (χ4n) is 1.82. The third-order valence-corrected chi connectivity index (χ3v) is 2.85. The maximum absolute atomic E-state index is 11.9. The minimum absolute atomic E-state index is 0.202. The predicted octanol–water partition coefficient (Wildman–Crippen LogP) is 1.03. The molecule has 0 heterocycles. The van der Waals surface area contributed by atoms with Crippen LogP contribution in [-0.2, 0) is 4.79 Å². The van der Waals surface area contributed by atoms with Gasteiger partial charge in [-0.25, -0.2) is 0 Å². The highest BCUT2D eigenvalue weighted by molar-refractivity contribution is 5.78. The molecule has 0 spiro atoms. The molecule has 0 saturated carbocycles. The van der Waals surface area contributed by atoms with E-state index in [4.69, 9.17) is 0 Å². The van der Waals surface area contributed by atoms with Crippen LogP contribution in [0.3, 0.4) is 0 Å². The molecule has 0 bridgehead atoms. The molecule has 0 fully saturated rings. The number of rotatable bonds is 9. The van der Waals surface area contributed by atoms with E-state index in [1.54, 1.807) is 0 Å². The Labute approximate surface area is 106 Å². The van der Waals surface area contributed by atoms with Gasteiger partial charge in [0.2, 0.25) is 5.91 Å². The number of hydrogen-bond acceptors (Lipinski definition) is 3. The molecule has 0 unspecified atom stereocenters. The normalized spacial score (nSPS) is 11.2. The Morgan fingerprint density at radius 2 is 1.76 bits per heavy atom. The summed E-state index contributed by atoms with van der Waals surface area (Å²) in [6.45, 7) is 13.8. The molecule has 1 amide bonds. The molecular formula is C13H29N3O. The lowest BCUT2D eigenvalue weighted by atomic mass is 10.2. The van der Waals surface area contributed by atoms with Gasteiger partial charge in [0.15, 0.2) is 0 Å². The standard InChI is InChI=1S/C13H29N3O/c1-6-15(7-2)8-9-16(11-12(3)4)13(17)10-14-5/h12,14H,6-11H2,1-5H3. The zero-order chi connectivity index (χ0) is 13.3. The molecule has 0 aromatic heterocycles. The number of hydrogen-bond donors (Lipinski definition) is 1. The Balaban J connectivity index is 4.22. The first kappa shape index (κ1) is 16.4. The van der Waals surface area contributed by atoms with Crippen molar-refractivity contribution < 1.29 is 4.79 Å². The molecule has 4 nitrogen and oxygen atoms in total. The van der Waals surface area contributed by atoms with Gasteiger partial charge in [0.25, 0.3) is 0 Å². The number of amides is 1. The van der Waals surface area contributed by atoms with E-state index >= 15 is 0 Å². The van der Waals surface area contributed by atoms with E-state index in [1.165, 1.54) is 0 Å². The van der Waals surface area contributed by atoms with Gasteiger partial charge >= 0.3 is 0 Å². The second-order valence-corrected chi connectivity index (χ2v) is 4.79. The number of nitrogens with zero attached hydrogens (tertiary/aromatic N) is 2. The third kappa shape index (κ3) is 7.34. The van der Waals surface area contributed by atoms with Crippen LogP contribution in [0.5, 0.6) is 0 Å². The molecule has 4 heteroatoms. The van der Waals surface area contributed by atoms with Crippen LogP contribution in [0, 0.1) is 5.92 Å². The van der Waals surface area contributed by atoms with Crippen molar-refractivity contribution in [2.45, 2.75) is 27.7 Å². The van der Waals surface area contributed by atoms with E-state index in [9.17, 15) is 4.79 Å². The van der Waals surface area contributed by atoms with Gasteiger partial charge in [-0.05, 0) is 26.1 Å². The van der Waals surface area contributed by atoms with Gasteiger partial charge in [-0.3, -0.25) is 4.79 Å². The first-order chi connectivity index (χ1) is 8.04. The van der Waals surface area contributed by atoms with Crippen LogP contribution in [0.15, 0.2) is 0 Å². The lowest BCUT2D eigenvalue weighted by molar-refractivity contribution is -0.130. The van der Waals surface area contributed by atoms with Gasteiger partial charge in [-0.1, -0.05) is 27.7 Å². The van der Waals surface area contributed by atoms with Crippen LogP contribution >= 0.6 is 0 Å². The summed E-state index contributed by atoms with van der Waals surface area (Å²) < 4.78 is 0. The fourth-order valence-corrected chi connectivity index (χ4v) is 1.82. The van der Waals surface area contributed by atoms with Crippen LogP contribution in [-0.4, -0.2) is 62.0 Å². The summed E-state index contributed by atoms with van der Waals surface area (Å²) >= 11 is 0. The minimum atomic E-state index is 0.202. The summed E-state index contributed by atoms with van der Waals surface area (Å²) in [7, 11) is 1.82. The number of carbonyl (C=O) groups is 1. The van der Waals surface area contributed by atoms with Crippen LogP contribution < -0.4 is 5.32 Å². The van der Waals surface area contributed by atoms with Gasteiger partial charge < -0.3 is 15.1 Å². The number of carbonyl (C=O) groups excluding carboxylic acids is 1. The quantitative estimate of drug-likeness (QED) is 0.657. The van der Waals surface area contributed by atoms with Crippen LogP contribution in [0.4, 0.5) is 0 Å². The Kier molecular flexibility index (Phi) is 9.09. The highest BCUT2D eigenvalue weighted by atomic mass is 16.2. The zero-order valence-electron chi connectivity index (χ0n) is 12.1. The van der Waals surface area contributed by atoms with Gasteiger partial charge in [0, 0.05) is 19.6 Å². The third-order valence-electron chi connectivity index (χ3n) is 2.85. The summed E-state index contributed by atoms with van der Waals surface area (Å²) in [4.78, 5) is 16.2. The van der Waals surface area contributed by atoms with Crippen molar-refractivity contribution >= 4 is 5.91 Å². The summed E-state index contributed by atoms with van der Waals surface area (Å²) in [5.74, 6) is 0.723. The van der Waals surface area contributed by atoms with E-state index in [0.717, 1.165) is 32.7 Å². The first-order valence-corrected chi connectivity index (χ1v) is 6.69. The second-order valence-electron chi connectivity index (χ2n) is 4.79. The maximum Gasteiger partial charge on any atom is 0.236 e. The summed E-state index contributed by atoms with van der Waals surface area (Å²) in [6.07, 6.45) is 0. The summed E-state index contributed by atoms with van der Waals surface area (Å²) in [6, 6.07) is 0. The van der Waals surface area contributed by atoms with Crippen molar-refractivity contribution in [2.24, 2.45) is 5.92 Å². The van der Waals surface area contributed by atoms with Crippen molar-refractivity contribution in [2.75, 3.05) is 46.3 Å². The molecule has 0 aromatic carbocycles. The molecule has 0 aromatic rings. The number of likely N-dealkylation sites (N-methyl/N-ethyl adjacent to an activating group) is 2. The SMILES string of the molecule is CCN(CC)CCN(CC(C)C)C(=O)CNC. The average molecular weight is 243 g/mol. The van der Waals surface area contributed by atoms with Crippen molar-refractivity contribution in [1.82, 2.24) is 15.1 Å². The highest BCUT2D eigenvalue weighted by Gasteiger charge is 2.14. The molecule has 0 saturated heterocycles. The predicted molar refractivity (Wildman–Crippen MR) is 73.1 cm³/mol. The van der Waals surface area contributed by atoms with E-state index in [2.05, 4.69) is 37.9 Å². The van der Waals surface area contributed by atoms with Gasteiger partial charge in [0.05, 0.1) is 6.54 Å². The van der Waals surface area contributed by atoms with E-state index < -0.39 is 0 Å². The molecule has 0 aliphatic rings. The summed E-state index contributed by atoms with van der Waals surface area (Å²) in [5.41, 5.74) is 0. The Bertz CT molecular complexity index is 203. The van der Waals surface area contributed by atoms with Crippen molar-refractivity contribution in [3.63, 3.8) is 0 Å². The highest BCUT2D eigenvalue weighted by Crippen LogP contribution is 2.00. The van der Waals surface area contributed by atoms with Gasteiger partial charge in [-0.15, -0.1) is 0 Å². The van der Waals surface area contributed by atoms with E-state index in [1.807, 2.05) is 11.9 Å². The monoisotopic (exact) mass is 243 g/mol. The molecule has 0 aliphatic carbocycles. The van der Waals surface area contributed by atoms with E-state index in [0.29, 0.717) is 12.5 Å². The minimum Gasteiger partial charge on any atom is -0.340 e. The molecule has 102 valence electrons. The Morgan fingerprint density at radius 3 is 2.18 bits per heavy atom. The van der Waals surface area contributed by atoms with Crippen molar-refractivity contribution in [3.8, 4) is 0 Å². The molecule has 0 rings (SSSR count). The number of nitrogens with one attached hydrogen (secondary N) is 1. The first-order valence-electron chi connectivity index (χ1n) is 6.69. The molecular weight excluding hydrogens is 214 g/mol. The average Bonchev–Trinajstić information content (AvgIpc) is 2.28. The van der Waals surface area contributed by atoms with Crippen LogP contribution in [0.2, 0.25) is 0 Å². The molecule has 0 radical (unpaired) electrons. The Hall–Kier alpha value is -0.610. The lowest BCUT2D eigenvalue weighted by Gasteiger charge is -2.27. The topological polar surface area (TPSA) is 35.6 Å². The van der Waals surface area contributed by atoms with Crippen molar-refractivity contribution in [3.05, 3.63) is 0 Å². The lowest BCUT2D eigenvalue weighted by Crippen LogP contribution is -2.43. The molecule has 0 atom stereocenters. The fraction of sp³-hybridized carbons (Fsp3) is 0.923. The zero-order valence-corrected chi connectivity index (χ0v) is 12.1. The molecule has 0 aliphatic heterocycles. The maximum atomic E-state index is 11.9. The molecule has 1 N–H and O–H groups in total. The largest absolute Gasteiger partial charge is 0.340 e. The summed E-state index contributed by atoms with van der Waals surface area (Å²) in [5, 5.41) is 2.93. The Morgan fingerprint density at radius 1 is 1.18 bits per heavy atom. The van der Waals surface area contributed by atoms with Crippen LogP contribution in [0.25, 0.3) is 0 Å². The second kappa shape index (κ2) is 9.42. The van der Waals surface area contributed by atoms with E-state index in [-0.39, 0.29) is 5.91 Å². The van der Waals surface area contributed by atoms with Gasteiger partial charge in [0.1, 0.15) is 0 Å².